The van der Waals surface area contributed by atoms with Crippen LogP contribution in [0.4, 0.5) is 0 Å². The molecular weight excluding hydrogens is 341 g/mol. The van der Waals surface area contributed by atoms with E-state index in [1.807, 2.05) is 12.3 Å². The van der Waals surface area contributed by atoms with E-state index in [0.717, 1.165) is 47.7 Å². The number of nitrogens with one attached hydrogen (secondary N) is 1. The van der Waals surface area contributed by atoms with Gasteiger partial charge in [-0.25, -0.2) is 17.7 Å². The number of piperidine rings is 1. The van der Waals surface area contributed by atoms with Gasteiger partial charge in [0.15, 0.2) is 0 Å². The van der Waals surface area contributed by atoms with E-state index >= 15 is 0 Å². The summed E-state index contributed by atoms with van der Waals surface area (Å²) < 4.78 is 31.1. The van der Waals surface area contributed by atoms with Gasteiger partial charge in [0.2, 0.25) is 10.0 Å². The highest BCUT2D eigenvalue weighted by molar-refractivity contribution is 7.88. The van der Waals surface area contributed by atoms with Gasteiger partial charge in [-0.3, -0.25) is 0 Å². The number of fused-ring (bicyclic) bond motifs is 4. The Kier molecular flexibility index (Phi) is 3.07. The molecule has 2 aromatic heterocycles. The van der Waals surface area contributed by atoms with Crippen molar-refractivity contribution in [3.8, 4) is 0 Å². The first-order valence-corrected chi connectivity index (χ1v) is 10.4. The standard InChI is InChI=1S/C16H20BN3O4S/c1-25(22,23)20-6-3-15(4-7-20)9-16(10-15)13-11-2-5-18-14(11)19-8-12(13)17(21)24-16/h2,5,8,21H,3-4,6-7,9-10H2,1H3,(H,18,19). The van der Waals surface area contributed by atoms with Crippen LogP contribution in [0.3, 0.4) is 0 Å². The lowest BCUT2D eigenvalue weighted by atomic mass is 9.53. The molecule has 2 N–H and O–H groups in total. The Morgan fingerprint density at radius 2 is 2.08 bits per heavy atom. The van der Waals surface area contributed by atoms with E-state index in [0.29, 0.717) is 13.1 Å². The van der Waals surface area contributed by atoms with E-state index in [9.17, 15) is 13.4 Å². The van der Waals surface area contributed by atoms with Crippen LogP contribution in [0.15, 0.2) is 18.5 Å². The predicted octanol–water partition coefficient (Wildman–Crippen LogP) is 0.312. The molecule has 25 heavy (non-hydrogen) atoms. The summed E-state index contributed by atoms with van der Waals surface area (Å²) in [6, 6.07) is 1.99. The molecule has 0 atom stereocenters. The van der Waals surface area contributed by atoms with Crippen LogP contribution in [0.2, 0.25) is 0 Å². The number of rotatable bonds is 1. The Balaban J connectivity index is 1.45. The Bertz CT molecular complexity index is 957. The molecule has 3 aliphatic rings. The molecule has 0 unspecified atom stereocenters. The highest BCUT2D eigenvalue weighted by Crippen LogP contribution is 2.63. The van der Waals surface area contributed by atoms with Crippen molar-refractivity contribution in [1.82, 2.24) is 14.3 Å². The lowest BCUT2D eigenvalue weighted by molar-refractivity contribution is -0.133. The van der Waals surface area contributed by atoms with Crippen molar-refractivity contribution in [1.29, 1.82) is 0 Å². The quantitative estimate of drug-likeness (QED) is 0.713. The SMILES string of the molecule is CS(=O)(=O)N1CCC2(CC1)CC1(C2)OB(O)c2cnc3[nH]ccc3c21. The lowest BCUT2D eigenvalue weighted by Gasteiger charge is -2.57. The van der Waals surface area contributed by atoms with Crippen LogP contribution in [0, 0.1) is 5.41 Å². The van der Waals surface area contributed by atoms with E-state index in [1.165, 1.54) is 6.26 Å². The van der Waals surface area contributed by atoms with E-state index in [4.69, 9.17) is 4.65 Å². The van der Waals surface area contributed by atoms with E-state index in [-0.39, 0.29) is 5.41 Å². The molecule has 4 heterocycles. The fourth-order valence-corrected chi connectivity index (χ4v) is 5.97. The number of pyridine rings is 1. The van der Waals surface area contributed by atoms with Crippen molar-refractivity contribution in [2.45, 2.75) is 31.3 Å². The highest BCUT2D eigenvalue weighted by atomic mass is 32.2. The monoisotopic (exact) mass is 361 g/mol. The van der Waals surface area contributed by atoms with Crippen LogP contribution in [0.1, 0.15) is 31.2 Å². The molecule has 0 amide bonds. The van der Waals surface area contributed by atoms with Gasteiger partial charge in [-0.15, -0.1) is 0 Å². The number of aromatic nitrogens is 2. The molecule has 0 radical (unpaired) electrons. The summed E-state index contributed by atoms with van der Waals surface area (Å²) in [5.74, 6) is 0. The van der Waals surface area contributed by atoms with Gasteiger partial charge in [0.05, 0.1) is 11.9 Å². The molecule has 2 aliphatic heterocycles. The summed E-state index contributed by atoms with van der Waals surface area (Å²) in [4.78, 5) is 7.48. The fraction of sp³-hybridized carbons (Fsp3) is 0.562. The van der Waals surface area contributed by atoms with Gasteiger partial charge in [0, 0.05) is 36.3 Å². The zero-order valence-corrected chi connectivity index (χ0v) is 14.8. The lowest BCUT2D eigenvalue weighted by Crippen LogP contribution is -2.55. The third-order valence-corrected chi connectivity index (χ3v) is 7.55. The van der Waals surface area contributed by atoms with Crippen molar-refractivity contribution >= 4 is 33.6 Å². The normalized spacial score (nSPS) is 24.8. The van der Waals surface area contributed by atoms with E-state index < -0.39 is 22.7 Å². The van der Waals surface area contributed by atoms with Crippen LogP contribution in [-0.2, 0) is 20.3 Å². The summed E-state index contributed by atoms with van der Waals surface area (Å²) in [7, 11) is -4.05. The number of hydrogen-bond donors (Lipinski definition) is 2. The first kappa shape index (κ1) is 15.8. The third kappa shape index (κ3) is 2.16. The Morgan fingerprint density at radius 1 is 1.36 bits per heavy atom. The zero-order valence-electron chi connectivity index (χ0n) is 14.0. The van der Waals surface area contributed by atoms with Gasteiger partial charge in [0.25, 0.3) is 0 Å². The molecule has 7 nitrogen and oxygen atoms in total. The molecule has 9 heteroatoms. The molecule has 2 aromatic rings. The maximum Gasteiger partial charge on any atom is 0.493 e. The maximum atomic E-state index is 11.7. The van der Waals surface area contributed by atoms with Crippen LogP contribution in [0.25, 0.3) is 11.0 Å². The van der Waals surface area contributed by atoms with E-state index in [1.54, 1.807) is 10.5 Å². The molecule has 0 aromatic carbocycles. The average Bonchev–Trinajstić information content (AvgIpc) is 3.09. The Morgan fingerprint density at radius 3 is 2.76 bits per heavy atom. The summed E-state index contributed by atoms with van der Waals surface area (Å²) in [6.45, 7) is 1.14. The first-order chi connectivity index (χ1) is 11.8. The van der Waals surface area contributed by atoms with Gasteiger partial charge in [-0.1, -0.05) is 0 Å². The molecule has 132 valence electrons. The second kappa shape index (κ2) is 4.85. The topological polar surface area (TPSA) is 95.5 Å². The van der Waals surface area contributed by atoms with Gasteiger partial charge in [0.1, 0.15) is 5.65 Å². The van der Waals surface area contributed by atoms with Crippen LogP contribution in [-0.4, -0.2) is 54.2 Å². The van der Waals surface area contributed by atoms with Crippen molar-refractivity contribution in [2.75, 3.05) is 19.3 Å². The van der Waals surface area contributed by atoms with Gasteiger partial charge in [-0.05, 0) is 42.7 Å². The molecule has 1 aliphatic carbocycles. The smallest absolute Gasteiger partial charge is 0.423 e. The maximum absolute atomic E-state index is 11.7. The van der Waals surface area contributed by atoms with Crippen molar-refractivity contribution < 1.29 is 18.1 Å². The first-order valence-electron chi connectivity index (χ1n) is 8.60. The second-order valence-corrected chi connectivity index (χ2v) is 9.79. The summed E-state index contributed by atoms with van der Waals surface area (Å²) in [5, 5.41) is 11.4. The van der Waals surface area contributed by atoms with Crippen LogP contribution >= 0.6 is 0 Å². The van der Waals surface area contributed by atoms with E-state index in [2.05, 4.69) is 9.97 Å². The minimum absolute atomic E-state index is 0.106. The largest absolute Gasteiger partial charge is 0.493 e. The minimum Gasteiger partial charge on any atom is -0.423 e. The third-order valence-electron chi connectivity index (χ3n) is 6.25. The minimum atomic E-state index is -3.12. The Labute approximate surface area is 146 Å². The molecule has 2 spiro atoms. The van der Waals surface area contributed by atoms with Gasteiger partial charge < -0.3 is 14.7 Å². The van der Waals surface area contributed by atoms with Gasteiger partial charge >= 0.3 is 7.12 Å². The Hall–Kier alpha value is -1.42. The number of nitrogens with zero attached hydrogens (tertiary/aromatic N) is 2. The second-order valence-electron chi connectivity index (χ2n) is 7.81. The molecular formula is C16H20BN3O4S. The van der Waals surface area contributed by atoms with Crippen molar-refractivity contribution in [3.05, 3.63) is 24.0 Å². The number of aromatic amines is 1. The van der Waals surface area contributed by atoms with Gasteiger partial charge in [-0.2, -0.15) is 0 Å². The molecule has 1 saturated carbocycles. The number of hydrogen-bond acceptors (Lipinski definition) is 5. The molecule has 0 bridgehead atoms. The van der Waals surface area contributed by atoms with Crippen LogP contribution in [0.5, 0.6) is 0 Å². The van der Waals surface area contributed by atoms with Crippen LogP contribution < -0.4 is 5.46 Å². The van der Waals surface area contributed by atoms with Crippen molar-refractivity contribution in [2.24, 2.45) is 5.41 Å². The fourth-order valence-electron chi connectivity index (χ4n) is 5.12. The zero-order chi connectivity index (χ0) is 17.4. The predicted molar refractivity (Wildman–Crippen MR) is 93.8 cm³/mol. The number of H-pyrrole nitrogens is 1. The number of sulfonamides is 1. The summed E-state index contributed by atoms with van der Waals surface area (Å²) in [5.41, 5.74) is 2.27. The molecule has 2 fully saturated rings. The highest BCUT2D eigenvalue weighted by Gasteiger charge is 2.62. The summed E-state index contributed by atoms with van der Waals surface area (Å²) >= 11 is 0. The van der Waals surface area contributed by atoms with Crippen molar-refractivity contribution in [3.63, 3.8) is 0 Å². The molecule has 5 rings (SSSR count). The molecule has 1 saturated heterocycles. The summed E-state index contributed by atoms with van der Waals surface area (Å²) in [6.07, 6.45) is 8.17. The average molecular weight is 361 g/mol.